The third kappa shape index (κ3) is 5.61. The maximum atomic E-state index is 12.0. The highest BCUT2D eigenvalue weighted by molar-refractivity contribution is 5.97. The summed E-state index contributed by atoms with van der Waals surface area (Å²) in [5.74, 6) is 0.186. The van der Waals surface area contributed by atoms with Crippen LogP contribution in [0.1, 0.15) is 44.0 Å². The number of carbonyl (C=O) groups is 2. The normalized spacial score (nSPS) is 12.4. The molecule has 4 nitrogen and oxygen atoms in total. The highest BCUT2D eigenvalue weighted by Crippen LogP contribution is 2.08. The lowest BCUT2D eigenvalue weighted by Crippen LogP contribution is -2.18. The van der Waals surface area contributed by atoms with Crippen LogP contribution in [0.2, 0.25) is 0 Å². The van der Waals surface area contributed by atoms with Crippen LogP contribution in [0.3, 0.4) is 0 Å². The topological polar surface area (TPSA) is 56.3 Å². The molecule has 1 aromatic rings. The molecule has 0 aliphatic carbocycles. The van der Waals surface area contributed by atoms with Crippen LogP contribution in [0.4, 0.5) is 0 Å². The first-order valence-electron chi connectivity index (χ1n) is 7.07. The Balaban J connectivity index is 2.22. The van der Waals surface area contributed by atoms with Gasteiger partial charge in [0.1, 0.15) is 5.78 Å². The van der Waals surface area contributed by atoms with E-state index >= 15 is 0 Å². The lowest BCUT2D eigenvalue weighted by atomic mass is 10.0. The first-order chi connectivity index (χ1) is 9.52. The number of ketones is 2. The highest BCUT2D eigenvalue weighted by Gasteiger charge is 2.15. The van der Waals surface area contributed by atoms with Crippen molar-refractivity contribution in [1.82, 2.24) is 4.98 Å². The summed E-state index contributed by atoms with van der Waals surface area (Å²) in [5.41, 5.74) is 0.610. The van der Waals surface area contributed by atoms with Crippen LogP contribution in [0.15, 0.2) is 24.5 Å². The number of hydrogen-bond acceptors (Lipinski definition) is 4. The zero-order valence-corrected chi connectivity index (χ0v) is 12.5. The Bertz CT molecular complexity index is 429. The molecule has 1 heterocycles. The molecule has 0 aromatic carbocycles. The van der Waals surface area contributed by atoms with Gasteiger partial charge in [-0.15, -0.1) is 0 Å². The maximum absolute atomic E-state index is 12.0. The molecule has 0 amide bonds. The molecule has 0 saturated carbocycles. The van der Waals surface area contributed by atoms with Gasteiger partial charge in [-0.3, -0.25) is 14.6 Å². The van der Waals surface area contributed by atoms with Crippen molar-refractivity contribution in [1.29, 1.82) is 0 Å². The number of hydrogen-bond donors (Lipinski definition) is 0. The van der Waals surface area contributed by atoms with Crippen LogP contribution in [-0.4, -0.2) is 29.8 Å². The maximum Gasteiger partial charge on any atom is 0.169 e. The Morgan fingerprint density at radius 2 is 2.05 bits per heavy atom. The van der Waals surface area contributed by atoms with Crippen LogP contribution in [0.25, 0.3) is 0 Å². The van der Waals surface area contributed by atoms with Crippen molar-refractivity contribution in [3.63, 3.8) is 0 Å². The molecular weight excluding hydrogens is 254 g/mol. The molecule has 1 aromatic heterocycles. The van der Waals surface area contributed by atoms with Crippen molar-refractivity contribution < 1.29 is 14.3 Å². The number of ether oxygens (including phenoxy) is 1. The van der Waals surface area contributed by atoms with E-state index in [0.29, 0.717) is 31.6 Å². The van der Waals surface area contributed by atoms with Gasteiger partial charge in [-0.2, -0.15) is 0 Å². The fourth-order valence-corrected chi connectivity index (χ4v) is 1.77. The minimum Gasteiger partial charge on any atom is -0.381 e. The van der Waals surface area contributed by atoms with E-state index < -0.39 is 0 Å². The summed E-state index contributed by atoms with van der Waals surface area (Å²) in [7, 11) is 0. The van der Waals surface area contributed by atoms with Crippen LogP contribution >= 0.6 is 0 Å². The molecule has 1 atom stereocenters. The Hall–Kier alpha value is -1.55. The molecule has 0 radical (unpaired) electrons. The third-order valence-electron chi connectivity index (χ3n) is 3.12. The molecule has 0 spiro atoms. The molecule has 0 aliphatic heterocycles. The van der Waals surface area contributed by atoms with Gasteiger partial charge < -0.3 is 4.74 Å². The Kier molecular flexibility index (Phi) is 7.09. The molecule has 1 unspecified atom stereocenters. The van der Waals surface area contributed by atoms with E-state index in [2.05, 4.69) is 4.98 Å². The highest BCUT2D eigenvalue weighted by atomic mass is 16.5. The van der Waals surface area contributed by atoms with E-state index in [-0.39, 0.29) is 23.4 Å². The monoisotopic (exact) mass is 277 g/mol. The van der Waals surface area contributed by atoms with Gasteiger partial charge in [0, 0.05) is 42.8 Å². The van der Waals surface area contributed by atoms with E-state index in [4.69, 9.17) is 4.74 Å². The second-order valence-electron chi connectivity index (χ2n) is 5.31. The number of rotatable bonds is 9. The summed E-state index contributed by atoms with van der Waals surface area (Å²) in [5, 5.41) is 0. The second-order valence-corrected chi connectivity index (χ2v) is 5.31. The number of carbonyl (C=O) groups excluding carboxylic acids is 2. The predicted octanol–water partition coefficient (Wildman–Crippen LogP) is 2.92. The molecular formula is C16H23NO3. The SMILES string of the molecule is CC(C)C(=O)CCCOCC(C)C(=O)c1cccnc1. The number of nitrogens with zero attached hydrogens (tertiary/aromatic N) is 1. The lowest BCUT2D eigenvalue weighted by molar-refractivity contribution is -0.122. The third-order valence-corrected chi connectivity index (χ3v) is 3.12. The van der Waals surface area contributed by atoms with E-state index in [9.17, 15) is 9.59 Å². The minimum atomic E-state index is -0.194. The molecule has 1 rings (SSSR count). The van der Waals surface area contributed by atoms with Gasteiger partial charge in [0.25, 0.3) is 0 Å². The zero-order chi connectivity index (χ0) is 15.0. The van der Waals surface area contributed by atoms with E-state index in [1.54, 1.807) is 24.5 Å². The molecule has 0 fully saturated rings. The van der Waals surface area contributed by atoms with Crippen molar-refractivity contribution in [2.24, 2.45) is 11.8 Å². The molecule has 20 heavy (non-hydrogen) atoms. The second kappa shape index (κ2) is 8.59. The molecule has 0 saturated heterocycles. The summed E-state index contributed by atoms with van der Waals surface area (Å²) in [6.07, 6.45) is 4.47. The van der Waals surface area contributed by atoms with Crippen molar-refractivity contribution in [3.8, 4) is 0 Å². The van der Waals surface area contributed by atoms with Gasteiger partial charge in [0.15, 0.2) is 5.78 Å². The molecule has 0 aliphatic rings. The summed E-state index contributed by atoms with van der Waals surface area (Å²) >= 11 is 0. The first-order valence-corrected chi connectivity index (χ1v) is 7.07. The number of pyridine rings is 1. The smallest absolute Gasteiger partial charge is 0.169 e. The van der Waals surface area contributed by atoms with Crippen molar-refractivity contribution >= 4 is 11.6 Å². The Labute approximate surface area is 120 Å². The van der Waals surface area contributed by atoms with E-state index in [1.807, 2.05) is 20.8 Å². The van der Waals surface area contributed by atoms with E-state index in [1.165, 1.54) is 0 Å². The van der Waals surface area contributed by atoms with Crippen molar-refractivity contribution in [2.45, 2.75) is 33.6 Å². The lowest BCUT2D eigenvalue weighted by Gasteiger charge is -2.11. The van der Waals surface area contributed by atoms with Crippen LogP contribution in [0.5, 0.6) is 0 Å². The molecule has 4 heteroatoms. The van der Waals surface area contributed by atoms with Crippen LogP contribution < -0.4 is 0 Å². The van der Waals surface area contributed by atoms with Gasteiger partial charge in [0.2, 0.25) is 0 Å². The van der Waals surface area contributed by atoms with E-state index in [0.717, 1.165) is 0 Å². The average molecular weight is 277 g/mol. The van der Waals surface area contributed by atoms with Crippen LogP contribution in [0, 0.1) is 11.8 Å². The van der Waals surface area contributed by atoms with Crippen molar-refractivity contribution in [2.75, 3.05) is 13.2 Å². The van der Waals surface area contributed by atoms with Crippen molar-refractivity contribution in [3.05, 3.63) is 30.1 Å². The number of aromatic nitrogens is 1. The average Bonchev–Trinajstić information content (AvgIpc) is 2.46. The number of Topliss-reactive ketones (excluding diaryl/α,β-unsaturated/α-hetero) is 2. The zero-order valence-electron chi connectivity index (χ0n) is 12.5. The van der Waals surface area contributed by atoms with Gasteiger partial charge in [-0.1, -0.05) is 20.8 Å². The fourth-order valence-electron chi connectivity index (χ4n) is 1.77. The molecule has 110 valence electrons. The molecule has 0 bridgehead atoms. The largest absolute Gasteiger partial charge is 0.381 e. The van der Waals surface area contributed by atoms with Crippen LogP contribution in [-0.2, 0) is 9.53 Å². The summed E-state index contributed by atoms with van der Waals surface area (Å²) in [6.45, 7) is 6.54. The standard InChI is InChI=1S/C16H23NO3/c1-12(2)15(18)7-5-9-20-11-13(3)16(19)14-6-4-8-17-10-14/h4,6,8,10,12-13H,5,7,9,11H2,1-3H3. The van der Waals surface area contributed by atoms with Gasteiger partial charge in [-0.25, -0.2) is 0 Å². The predicted molar refractivity (Wildman–Crippen MR) is 77.6 cm³/mol. The summed E-state index contributed by atoms with van der Waals surface area (Å²) in [6, 6.07) is 3.51. The van der Waals surface area contributed by atoms with Gasteiger partial charge in [-0.05, 0) is 18.6 Å². The fraction of sp³-hybridized carbons (Fsp3) is 0.562. The van der Waals surface area contributed by atoms with Gasteiger partial charge in [0.05, 0.1) is 6.61 Å². The quantitative estimate of drug-likeness (QED) is 0.514. The van der Waals surface area contributed by atoms with Gasteiger partial charge >= 0.3 is 0 Å². The first kappa shape index (κ1) is 16.5. The Morgan fingerprint density at radius 1 is 1.30 bits per heavy atom. The minimum absolute atomic E-state index is 0.0383. The summed E-state index contributed by atoms with van der Waals surface area (Å²) in [4.78, 5) is 27.4. The molecule has 0 N–H and O–H groups in total. The Morgan fingerprint density at radius 3 is 2.65 bits per heavy atom. The summed E-state index contributed by atoms with van der Waals surface area (Å²) < 4.78 is 5.47.